The minimum Gasteiger partial charge on any atom is -0.496 e. The maximum absolute atomic E-state index is 10.9. The Kier molecular flexibility index (Phi) is 3.93. The van der Waals surface area contributed by atoms with E-state index in [0.717, 1.165) is 16.9 Å². The number of aryl methyl sites for hydroxylation is 1. The molecule has 0 bridgehead atoms. The summed E-state index contributed by atoms with van der Waals surface area (Å²) in [6, 6.07) is 5.80. The first-order valence-electron chi connectivity index (χ1n) is 5.34. The van der Waals surface area contributed by atoms with Crippen LogP contribution < -0.4 is 4.74 Å². The van der Waals surface area contributed by atoms with Crippen molar-refractivity contribution in [2.75, 3.05) is 7.11 Å². The summed E-state index contributed by atoms with van der Waals surface area (Å²) in [5.74, 6) is -0.310. The van der Waals surface area contributed by atoms with E-state index in [2.05, 4.69) is 0 Å². The Balaban J connectivity index is 2.97. The van der Waals surface area contributed by atoms with Crippen LogP contribution in [0.1, 0.15) is 30.9 Å². The molecule has 3 heteroatoms. The van der Waals surface area contributed by atoms with Crippen molar-refractivity contribution in [1.82, 2.24) is 0 Å². The fourth-order valence-corrected chi connectivity index (χ4v) is 1.69. The van der Waals surface area contributed by atoms with E-state index in [-0.39, 0.29) is 11.8 Å². The lowest BCUT2D eigenvalue weighted by molar-refractivity contribution is -0.141. The molecule has 2 unspecified atom stereocenters. The fraction of sp³-hybridized carbons (Fsp3) is 0.462. The van der Waals surface area contributed by atoms with E-state index in [0.29, 0.717) is 0 Å². The number of hydrogen-bond acceptors (Lipinski definition) is 2. The van der Waals surface area contributed by atoms with Gasteiger partial charge in [0.15, 0.2) is 0 Å². The lowest BCUT2D eigenvalue weighted by Gasteiger charge is -2.17. The molecule has 1 aromatic rings. The molecule has 0 saturated heterocycles. The van der Waals surface area contributed by atoms with Crippen LogP contribution in [0.3, 0.4) is 0 Å². The molecule has 0 radical (unpaired) electrons. The number of carboxylic acids is 1. The average molecular weight is 222 g/mol. The van der Waals surface area contributed by atoms with Gasteiger partial charge >= 0.3 is 5.97 Å². The second kappa shape index (κ2) is 5.01. The third-order valence-electron chi connectivity index (χ3n) is 3.08. The summed E-state index contributed by atoms with van der Waals surface area (Å²) in [6.07, 6.45) is 0. The smallest absolute Gasteiger partial charge is 0.306 e. The van der Waals surface area contributed by atoms with Crippen LogP contribution in [-0.2, 0) is 4.79 Å². The normalized spacial score (nSPS) is 14.2. The number of carboxylic acid groups (broad SMARTS) is 1. The molecule has 0 amide bonds. The summed E-state index contributed by atoms with van der Waals surface area (Å²) >= 11 is 0. The number of benzene rings is 1. The maximum Gasteiger partial charge on any atom is 0.306 e. The fourth-order valence-electron chi connectivity index (χ4n) is 1.69. The highest BCUT2D eigenvalue weighted by Gasteiger charge is 2.21. The number of aliphatic carboxylic acids is 1. The molecule has 0 spiro atoms. The van der Waals surface area contributed by atoms with E-state index < -0.39 is 5.97 Å². The standard InChI is InChI=1S/C13H18O3/c1-8-7-11(5-6-12(8)16-4)9(2)10(3)13(14)15/h5-7,9-10H,1-4H3,(H,14,15). The Morgan fingerprint density at radius 2 is 2.00 bits per heavy atom. The number of rotatable bonds is 4. The molecule has 88 valence electrons. The van der Waals surface area contributed by atoms with E-state index >= 15 is 0 Å². The SMILES string of the molecule is COc1ccc(C(C)C(C)C(=O)O)cc1C. The Labute approximate surface area is 96.1 Å². The largest absolute Gasteiger partial charge is 0.496 e. The van der Waals surface area contributed by atoms with Crippen molar-refractivity contribution in [2.45, 2.75) is 26.7 Å². The van der Waals surface area contributed by atoms with E-state index in [1.807, 2.05) is 32.0 Å². The van der Waals surface area contributed by atoms with E-state index in [9.17, 15) is 4.79 Å². The van der Waals surface area contributed by atoms with Crippen molar-refractivity contribution in [3.63, 3.8) is 0 Å². The summed E-state index contributed by atoms with van der Waals surface area (Å²) in [4.78, 5) is 10.9. The minimum absolute atomic E-state index is 0.00195. The van der Waals surface area contributed by atoms with Gasteiger partial charge in [-0.3, -0.25) is 4.79 Å². The van der Waals surface area contributed by atoms with Crippen LogP contribution in [0.5, 0.6) is 5.75 Å². The third-order valence-corrected chi connectivity index (χ3v) is 3.08. The van der Waals surface area contributed by atoms with Crippen LogP contribution in [0, 0.1) is 12.8 Å². The van der Waals surface area contributed by atoms with Gasteiger partial charge < -0.3 is 9.84 Å². The van der Waals surface area contributed by atoms with E-state index in [1.165, 1.54) is 0 Å². The van der Waals surface area contributed by atoms with Crippen LogP contribution in [-0.4, -0.2) is 18.2 Å². The molecule has 1 N–H and O–H groups in total. The molecule has 0 heterocycles. The topological polar surface area (TPSA) is 46.5 Å². The monoisotopic (exact) mass is 222 g/mol. The molecule has 0 fully saturated rings. The van der Waals surface area contributed by atoms with Gasteiger partial charge in [0.05, 0.1) is 13.0 Å². The zero-order valence-corrected chi connectivity index (χ0v) is 10.2. The molecule has 0 aliphatic rings. The van der Waals surface area contributed by atoms with Gasteiger partial charge in [0, 0.05) is 0 Å². The summed E-state index contributed by atoms with van der Waals surface area (Å²) in [7, 11) is 1.63. The lowest BCUT2D eigenvalue weighted by Crippen LogP contribution is -2.16. The van der Waals surface area contributed by atoms with Crippen molar-refractivity contribution in [3.8, 4) is 5.75 Å². The highest BCUT2D eigenvalue weighted by molar-refractivity contribution is 5.70. The Hall–Kier alpha value is -1.51. The van der Waals surface area contributed by atoms with Crippen molar-refractivity contribution in [1.29, 1.82) is 0 Å². The van der Waals surface area contributed by atoms with Gasteiger partial charge in [0.1, 0.15) is 5.75 Å². The summed E-state index contributed by atoms with van der Waals surface area (Å²) < 4.78 is 5.17. The average Bonchev–Trinajstić information content (AvgIpc) is 2.26. The molecule has 2 atom stereocenters. The van der Waals surface area contributed by atoms with Crippen molar-refractivity contribution < 1.29 is 14.6 Å². The molecule has 1 rings (SSSR count). The Morgan fingerprint density at radius 1 is 1.38 bits per heavy atom. The van der Waals surface area contributed by atoms with E-state index in [4.69, 9.17) is 9.84 Å². The second-order valence-electron chi connectivity index (χ2n) is 4.14. The quantitative estimate of drug-likeness (QED) is 0.852. The van der Waals surface area contributed by atoms with Crippen LogP contribution in [0.15, 0.2) is 18.2 Å². The molecule has 16 heavy (non-hydrogen) atoms. The van der Waals surface area contributed by atoms with Crippen LogP contribution in [0.25, 0.3) is 0 Å². The first-order chi connectivity index (χ1) is 7.47. The predicted octanol–water partition coefficient (Wildman–Crippen LogP) is 2.83. The zero-order chi connectivity index (χ0) is 12.3. The number of ether oxygens (including phenoxy) is 1. The second-order valence-corrected chi connectivity index (χ2v) is 4.14. The molecular formula is C13H18O3. The molecule has 3 nitrogen and oxygen atoms in total. The highest BCUT2D eigenvalue weighted by atomic mass is 16.5. The number of hydrogen-bond donors (Lipinski definition) is 1. The summed E-state index contributed by atoms with van der Waals surface area (Å²) in [6.45, 7) is 5.62. The molecule has 0 aliphatic heterocycles. The molecular weight excluding hydrogens is 204 g/mol. The van der Waals surface area contributed by atoms with Crippen LogP contribution >= 0.6 is 0 Å². The van der Waals surface area contributed by atoms with Gasteiger partial charge in [-0.05, 0) is 30.0 Å². The zero-order valence-electron chi connectivity index (χ0n) is 10.2. The first kappa shape index (κ1) is 12.6. The van der Waals surface area contributed by atoms with Crippen LogP contribution in [0.4, 0.5) is 0 Å². The van der Waals surface area contributed by atoms with Gasteiger partial charge in [-0.15, -0.1) is 0 Å². The van der Waals surface area contributed by atoms with Crippen molar-refractivity contribution >= 4 is 5.97 Å². The van der Waals surface area contributed by atoms with Crippen molar-refractivity contribution in [3.05, 3.63) is 29.3 Å². The molecule has 0 aliphatic carbocycles. The first-order valence-corrected chi connectivity index (χ1v) is 5.34. The third kappa shape index (κ3) is 2.54. The Morgan fingerprint density at radius 3 is 2.44 bits per heavy atom. The molecule has 0 saturated carbocycles. The molecule has 0 aromatic heterocycles. The van der Waals surface area contributed by atoms with Gasteiger partial charge in [-0.2, -0.15) is 0 Å². The van der Waals surface area contributed by atoms with Gasteiger partial charge in [0.2, 0.25) is 0 Å². The Bertz CT molecular complexity index is 385. The molecule has 1 aromatic carbocycles. The van der Waals surface area contributed by atoms with Gasteiger partial charge in [0.25, 0.3) is 0 Å². The van der Waals surface area contributed by atoms with Crippen molar-refractivity contribution in [2.24, 2.45) is 5.92 Å². The maximum atomic E-state index is 10.9. The van der Waals surface area contributed by atoms with E-state index in [1.54, 1.807) is 14.0 Å². The predicted molar refractivity (Wildman–Crippen MR) is 62.9 cm³/mol. The van der Waals surface area contributed by atoms with Gasteiger partial charge in [-0.1, -0.05) is 26.0 Å². The lowest BCUT2D eigenvalue weighted by atomic mass is 9.88. The van der Waals surface area contributed by atoms with Gasteiger partial charge in [-0.25, -0.2) is 0 Å². The number of carbonyl (C=O) groups is 1. The highest BCUT2D eigenvalue weighted by Crippen LogP contribution is 2.28. The minimum atomic E-state index is -0.763. The number of methoxy groups -OCH3 is 1. The summed E-state index contributed by atoms with van der Waals surface area (Å²) in [5, 5.41) is 8.96. The van der Waals surface area contributed by atoms with Crippen LogP contribution in [0.2, 0.25) is 0 Å². The summed E-state index contributed by atoms with van der Waals surface area (Å²) in [5.41, 5.74) is 2.07.